The lowest BCUT2D eigenvalue weighted by Gasteiger charge is -1.91. The van der Waals surface area contributed by atoms with Gasteiger partial charge in [-0.25, -0.2) is 18.7 Å². The van der Waals surface area contributed by atoms with Gasteiger partial charge in [-0.05, 0) is 18.6 Å². The Hall–Kier alpha value is -2.76. The number of hydrogen-bond acceptors (Lipinski definition) is 2. The second-order valence-corrected chi connectivity index (χ2v) is 6.00. The van der Waals surface area contributed by atoms with E-state index in [-0.39, 0.29) is 23.5 Å². The molecule has 0 aromatic carbocycles. The molecule has 0 bridgehead atoms. The van der Waals surface area contributed by atoms with Gasteiger partial charge in [0.25, 0.3) is 0 Å². The lowest BCUT2D eigenvalue weighted by atomic mass is 10.2. The Labute approximate surface area is 143 Å². The SMILES string of the molecule is CC.Fc1ccn2cc(C3CC3c3cn4ccc(F)cc4n3)nc2c1. The number of pyridine rings is 2. The molecular weight excluding hydrogens is 322 g/mol. The smallest absolute Gasteiger partial charge is 0.139 e. The van der Waals surface area contributed by atoms with E-state index in [0.29, 0.717) is 11.3 Å². The van der Waals surface area contributed by atoms with E-state index < -0.39 is 0 Å². The Kier molecular flexibility index (Phi) is 3.75. The Bertz CT molecular complexity index is 966. The fourth-order valence-corrected chi connectivity index (χ4v) is 3.16. The fourth-order valence-electron chi connectivity index (χ4n) is 3.16. The van der Waals surface area contributed by atoms with Gasteiger partial charge in [-0.2, -0.15) is 0 Å². The number of imidazole rings is 2. The zero-order chi connectivity index (χ0) is 17.6. The first-order valence-corrected chi connectivity index (χ1v) is 8.46. The third-order valence-corrected chi connectivity index (χ3v) is 4.43. The summed E-state index contributed by atoms with van der Waals surface area (Å²) in [5, 5.41) is 0. The lowest BCUT2D eigenvalue weighted by Crippen LogP contribution is -1.84. The highest BCUT2D eigenvalue weighted by Crippen LogP contribution is 2.53. The Morgan fingerprint density at radius 2 is 1.28 bits per heavy atom. The highest BCUT2D eigenvalue weighted by molar-refractivity contribution is 5.45. The van der Waals surface area contributed by atoms with Crippen LogP contribution in [0, 0.1) is 11.6 Å². The Morgan fingerprint density at radius 1 is 0.840 bits per heavy atom. The summed E-state index contributed by atoms with van der Waals surface area (Å²) in [6, 6.07) is 5.68. The molecule has 4 heterocycles. The molecule has 128 valence electrons. The molecule has 0 amide bonds. The number of fused-ring (bicyclic) bond motifs is 2. The lowest BCUT2D eigenvalue weighted by molar-refractivity contribution is 0.626. The summed E-state index contributed by atoms with van der Waals surface area (Å²) in [5.74, 6) is -0.00538. The van der Waals surface area contributed by atoms with Gasteiger partial charge in [0.1, 0.15) is 22.9 Å². The van der Waals surface area contributed by atoms with Gasteiger partial charge >= 0.3 is 0 Å². The van der Waals surface area contributed by atoms with Gasteiger partial charge in [-0.3, -0.25) is 0 Å². The summed E-state index contributed by atoms with van der Waals surface area (Å²) in [6.07, 6.45) is 8.18. The molecule has 1 aliphatic rings. The molecule has 2 atom stereocenters. The van der Waals surface area contributed by atoms with E-state index in [0.717, 1.165) is 17.8 Å². The molecule has 0 aliphatic heterocycles. The highest BCUT2D eigenvalue weighted by atomic mass is 19.1. The van der Waals surface area contributed by atoms with Crippen LogP contribution in [0.5, 0.6) is 0 Å². The number of hydrogen-bond donors (Lipinski definition) is 0. The van der Waals surface area contributed by atoms with Crippen LogP contribution in [-0.4, -0.2) is 18.8 Å². The van der Waals surface area contributed by atoms with Crippen molar-refractivity contribution >= 4 is 11.3 Å². The van der Waals surface area contributed by atoms with Gasteiger partial charge in [0.05, 0.1) is 11.4 Å². The van der Waals surface area contributed by atoms with Gasteiger partial charge in [-0.1, -0.05) is 13.8 Å². The van der Waals surface area contributed by atoms with Crippen LogP contribution in [0.15, 0.2) is 49.1 Å². The molecule has 1 fully saturated rings. The van der Waals surface area contributed by atoms with E-state index in [2.05, 4.69) is 9.97 Å². The van der Waals surface area contributed by atoms with Gasteiger partial charge in [0.15, 0.2) is 0 Å². The fraction of sp³-hybridized carbons (Fsp3) is 0.263. The van der Waals surface area contributed by atoms with Crippen molar-refractivity contribution in [3.63, 3.8) is 0 Å². The van der Waals surface area contributed by atoms with E-state index in [1.165, 1.54) is 24.3 Å². The van der Waals surface area contributed by atoms with Crippen molar-refractivity contribution in [2.24, 2.45) is 0 Å². The van der Waals surface area contributed by atoms with Crippen molar-refractivity contribution in [1.82, 2.24) is 18.8 Å². The maximum atomic E-state index is 13.3. The molecule has 0 radical (unpaired) electrons. The molecule has 4 aromatic heterocycles. The number of aromatic nitrogens is 4. The maximum absolute atomic E-state index is 13.3. The van der Waals surface area contributed by atoms with Crippen LogP contribution in [-0.2, 0) is 0 Å². The van der Waals surface area contributed by atoms with Crippen LogP contribution in [0.25, 0.3) is 11.3 Å². The van der Waals surface area contributed by atoms with E-state index >= 15 is 0 Å². The normalized spacial score (nSPS) is 19.0. The van der Waals surface area contributed by atoms with Crippen LogP contribution in [0.2, 0.25) is 0 Å². The average Bonchev–Trinajstić information content (AvgIpc) is 3.13. The molecule has 1 saturated carbocycles. The van der Waals surface area contributed by atoms with Crippen LogP contribution in [0.1, 0.15) is 43.5 Å². The summed E-state index contributed by atoms with van der Waals surface area (Å²) in [5.41, 5.74) is 3.12. The van der Waals surface area contributed by atoms with Crippen LogP contribution in [0.3, 0.4) is 0 Å². The van der Waals surface area contributed by atoms with Crippen LogP contribution >= 0.6 is 0 Å². The summed E-state index contributed by atoms with van der Waals surface area (Å²) < 4.78 is 30.2. The monoisotopic (exact) mass is 340 g/mol. The molecule has 25 heavy (non-hydrogen) atoms. The third kappa shape index (κ3) is 2.77. The third-order valence-electron chi connectivity index (χ3n) is 4.43. The maximum Gasteiger partial charge on any atom is 0.139 e. The van der Waals surface area contributed by atoms with Crippen molar-refractivity contribution in [2.45, 2.75) is 32.1 Å². The first-order valence-electron chi connectivity index (χ1n) is 8.46. The van der Waals surface area contributed by atoms with Crippen molar-refractivity contribution in [3.8, 4) is 0 Å². The minimum absolute atomic E-state index is 0.285. The van der Waals surface area contributed by atoms with Crippen molar-refractivity contribution in [1.29, 1.82) is 0 Å². The summed E-state index contributed by atoms with van der Waals surface area (Å²) in [7, 11) is 0. The summed E-state index contributed by atoms with van der Waals surface area (Å²) >= 11 is 0. The molecule has 0 saturated heterocycles. The summed E-state index contributed by atoms with van der Waals surface area (Å²) in [6.45, 7) is 4.00. The first-order chi connectivity index (χ1) is 12.2. The molecule has 0 spiro atoms. The second kappa shape index (κ2) is 5.95. The van der Waals surface area contributed by atoms with E-state index in [4.69, 9.17) is 0 Å². The van der Waals surface area contributed by atoms with E-state index in [1.807, 2.05) is 35.0 Å². The van der Waals surface area contributed by atoms with Crippen molar-refractivity contribution in [3.05, 3.63) is 72.1 Å². The molecule has 1 aliphatic carbocycles. The van der Waals surface area contributed by atoms with Crippen molar-refractivity contribution in [2.75, 3.05) is 0 Å². The molecule has 4 aromatic rings. The largest absolute Gasteiger partial charge is 0.307 e. The van der Waals surface area contributed by atoms with Crippen molar-refractivity contribution < 1.29 is 8.78 Å². The zero-order valence-electron chi connectivity index (χ0n) is 14.0. The molecule has 5 rings (SSSR count). The predicted octanol–water partition coefficient (Wildman–Crippen LogP) is 4.56. The van der Waals surface area contributed by atoms with Gasteiger partial charge in [-0.15, -0.1) is 0 Å². The summed E-state index contributed by atoms with van der Waals surface area (Å²) in [4.78, 5) is 9.02. The highest BCUT2D eigenvalue weighted by Gasteiger charge is 2.42. The van der Waals surface area contributed by atoms with Gasteiger partial charge in [0, 0.05) is 48.8 Å². The minimum atomic E-state index is -0.288. The standard InChI is InChI=1S/C17H12F2N4.C2H6/c18-10-1-3-22-8-14(20-16(22)5-10)12-7-13(12)15-9-23-4-2-11(19)6-17(23)21-15;1-2/h1-6,8-9,12-13H,7H2;1-2H3. The topological polar surface area (TPSA) is 34.6 Å². The number of nitrogens with zero attached hydrogens (tertiary/aromatic N) is 4. The molecular formula is C19H18F2N4. The van der Waals surface area contributed by atoms with Gasteiger partial charge < -0.3 is 8.80 Å². The quantitative estimate of drug-likeness (QED) is 0.536. The minimum Gasteiger partial charge on any atom is -0.307 e. The number of halogens is 2. The predicted molar refractivity (Wildman–Crippen MR) is 91.7 cm³/mol. The first kappa shape index (κ1) is 15.7. The Balaban J connectivity index is 0.000000758. The molecule has 6 heteroatoms. The van der Waals surface area contributed by atoms with Gasteiger partial charge in [0.2, 0.25) is 0 Å². The average molecular weight is 340 g/mol. The molecule has 4 nitrogen and oxygen atoms in total. The van der Waals surface area contributed by atoms with Crippen LogP contribution in [0.4, 0.5) is 8.78 Å². The Morgan fingerprint density at radius 3 is 1.72 bits per heavy atom. The van der Waals surface area contributed by atoms with Crippen LogP contribution < -0.4 is 0 Å². The second-order valence-electron chi connectivity index (χ2n) is 6.00. The zero-order valence-corrected chi connectivity index (χ0v) is 14.0. The number of rotatable bonds is 2. The molecule has 2 unspecified atom stereocenters. The van der Waals surface area contributed by atoms with E-state index in [1.54, 1.807) is 12.4 Å². The van der Waals surface area contributed by atoms with E-state index in [9.17, 15) is 8.78 Å². The molecule has 0 N–H and O–H groups in total.